The number of Topliss-reactive ketones (excluding diaryl/α,β-unsaturated/α-hetero) is 1. The first-order chi connectivity index (χ1) is 14.7. The molecule has 176 valence electrons. The monoisotopic (exact) mass is 449 g/mol. The van der Waals surface area contributed by atoms with Crippen LogP contribution in [0.2, 0.25) is 0 Å². The summed E-state index contributed by atoms with van der Waals surface area (Å²) in [5.74, 6) is 0.607. The van der Waals surface area contributed by atoms with Crippen molar-refractivity contribution in [1.29, 1.82) is 0 Å². The molecular weight excluding hydrogens is 406 g/mol. The Morgan fingerprint density at radius 1 is 0.903 bits per heavy atom. The van der Waals surface area contributed by atoms with E-state index in [2.05, 4.69) is 62.7 Å². The van der Waals surface area contributed by atoms with Gasteiger partial charge in [0.05, 0.1) is 11.4 Å². The van der Waals surface area contributed by atoms with Gasteiger partial charge in [-0.2, -0.15) is 0 Å². The van der Waals surface area contributed by atoms with Crippen LogP contribution in [0.25, 0.3) is 0 Å². The van der Waals surface area contributed by atoms with Gasteiger partial charge in [0.25, 0.3) is 0 Å². The molecule has 0 spiro atoms. The second-order valence-corrected chi connectivity index (χ2v) is 8.79. The molecule has 0 saturated carbocycles. The van der Waals surface area contributed by atoms with Crippen LogP contribution in [-0.2, 0) is 10.0 Å². The highest BCUT2D eigenvalue weighted by Gasteiger charge is 2.13. The Balaban J connectivity index is 0. The second-order valence-electron chi connectivity index (χ2n) is 6.95. The van der Waals surface area contributed by atoms with Gasteiger partial charge in [-0.25, -0.2) is 8.42 Å². The highest BCUT2D eigenvalue weighted by Crippen LogP contribution is 2.18. The van der Waals surface area contributed by atoms with Gasteiger partial charge in [-0.15, -0.1) is 0 Å². The van der Waals surface area contributed by atoms with Crippen LogP contribution in [0.3, 0.4) is 0 Å². The summed E-state index contributed by atoms with van der Waals surface area (Å²) >= 11 is 0. The molecule has 4 nitrogen and oxygen atoms in total. The third-order valence-corrected chi connectivity index (χ3v) is 5.50. The first kappa shape index (κ1) is 31.0. The van der Waals surface area contributed by atoms with Gasteiger partial charge in [-0.3, -0.25) is 9.52 Å². The van der Waals surface area contributed by atoms with E-state index in [1.807, 2.05) is 13.8 Å². The molecule has 0 amide bonds. The van der Waals surface area contributed by atoms with Gasteiger partial charge in [-0.1, -0.05) is 97.4 Å². The number of carbonyl (C=O) groups excluding carboxylic acids is 1. The lowest BCUT2D eigenvalue weighted by Gasteiger charge is -2.09. The van der Waals surface area contributed by atoms with Crippen molar-refractivity contribution in [3.8, 4) is 0 Å². The normalized spacial score (nSPS) is 10.7. The average molecular weight is 450 g/mol. The highest BCUT2D eigenvalue weighted by molar-refractivity contribution is 7.92. The first-order valence-corrected chi connectivity index (χ1v) is 13.0. The minimum atomic E-state index is -3.34. The summed E-state index contributed by atoms with van der Waals surface area (Å²) in [6.07, 6.45) is 3.02. The van der Waals surface area contributed by atoms with Crippen molar-refractivity contribution < 1.29 is 13.2 Å². The zero-order valence-electron chi connectivity index (χ0n) is 20.7. The maximum Gasteiger partial charge on any atom is 0.232 e. The molecule has 0 saturated heterocycles. The van der Waals surface area contributed by atoms with Gasteiger partial charge in [-0.05, 0) is 43.4 Å². The van der Waals surface area contributed by atoms with Gasteiger partial charge >= 0.3 is 0 Å². The molecule has 0 bridgehead atoms. The molecule has 0 radical (unpaired) electrons. The first-order valence-electron chi connectivity index (χ1n) is 11.4. The standard InChI is InChI=1S/C11H15NO3S.C10H14.C3H8.C2H6/c1-3-8-16(14,15)12-11-7-5-4-6-10(11)9(2)13;1-3-9(2)10-7-5-4-6-8-10;1-3-2;1-2/h4-7,12H,3,8H2,1-2H3;4-9H,3H2,1-2H3;3H2,1-2H3;1-2H3. The lowest BCUT2D eigenvalue weighted by molar-refractivity contribution is 0.101. The maximum absolute atomic E-state index is 11.6. The Labute approximate surface area is 191 Å². The minimum absolute atomic E-state index is 0.0548. The number of carbonyl (C=O) groups is 1. The van der Waals surface area contributed by atoms with E-state index >= 15 is 0 Å². The second kappa shape index (κ2) is 18.6. The molecule has 0 aromatic heterocycles. The zero-order chi connectivity index (χ0) is 24.3. The molecule has 0 aliphatic carbocycles. The number of sulfonamides is 1. The smallest absolute Gasteiger partial charge is 0.232 e. The third-order valence-electron chi connectivity index (χ3n) is 4.03. The molecule has 1 unspecified atom stereocenters. The van der Waals surface area contributed by atoms with Crippen LogP contribution in [0.15, 0.2) is 54.6 Å². The minimum Gasteiger partial charge on any atom is -0.294 e. The molecule has 1 atom stereocenters. The van der Waals surface area contributed by atoms with Crippen LogP contribution in [0, 0.1) is 0 Å². The number of benzene rings is 2. The summed E-state index contributed by atoms with van der Waals surface area (Å²) in [6, 6.07) is 17.2. The molecule has 1 N–H and O–H groups in total. The number of hydrogen-bond acceptors (Lipinski definition) is 3. The Morgan fingerprint density at radius 3 is 1.84 bits per heavy atom. The number of para-hydroxylation sites is 1. The van der Waals surface area contributed by atoms with E-state index in [0.717, 1.165) is 0 Å². The third kappa shape index (κ3) is 14.5. The summed E-state index contributed by atoms with van der Waals surface area (Å²) in [4.78, 5) is 11.3. The molecule has 0 fully saturated rings. The SMILES string of the molecule is CC.CCC.CCC(C)c1ccccc1.CCCS(=O)(=O)Nc1ccccc1C(C)=O. The fourth-order valence-corrected chi connectivity index (χ4v) is 3.54. The molecular formula is C26H43NO3S. The topological polar surface area (TPSA) is 63.2 Å². The Morgan fingerprint density at radius 2 is 1.39 bits per heavy atom. The molecule has 2 aromatic carbocycles. The highest BCUT2D eigenvalue weighted by atomic mass is 32.2. The van der Waals surface area contributed by atoms with Crippen molar-refractivity contribution in [3.63, 3.8) is 0 Å². The van der Waals surface area contributed by atoms with Crippen LogP contribution in [0.5, 0.6) is 0 Å². The van der Waals surface area contributed by atoms with Crippen molar-refractivity contribution in [2.75, 3.05) is 10.5 Å². The molecule has 0 aliphatic heterocycles. The molecule has 2 rings (SSSR count). The molecule has 5 heteroatoms. The van der Waals surface area contributed by atoms with E-state index in [1.165, 1.54) is 25.3 Å². The van der Waals surface area contributed by atoms with E-state index in [9.17, 15) is 13.2 Å². The summed E-state index contributed by atoms with van der Waals surface area (Å²) in [7, 11) is -3.34. The Bertz CT molecular complexity index is 802. The van der Waals surface area contributed by atoms with Crippen molar-refractivity contribution >= 4 is 21.5 Å². The molecule has 2 aromatic rings. The van der Waals surface area contributed by atoms with Gasteiger partial charge < -0.3 is 0 Å². The predicted molar refractivity (Wildman–Crippen MR) is 137 cm³/mol. The van der Waals surface area contributed by atoms with Gasteiger partial charge in [0.15, 0.2) is 5.78 Å². The molecule has 0 aliphatic rings. The number of rotatable bonds is 7. The van der Waals surface area contributed by atoms with Crippen molar-refractivity contribution in [3.05, 3.63) is 65.7 Å². The fourth-order valence-electron chi connectivity index (χ4n) is 2.38. The van der Waals surface area contributed by atoms with E-state index in [0.29, 0.717) is 23.6 Å². The summed E-state index contributed by atoms with van der Waals surface area (Å²) in [5, 5.41) is 0. The Kier molecular flexibility index (Phi) is 18.6. The van der Waals surface area contributed by atoms with Gasteiger partial charge in [0.1, 0.15) is 0 Å². The van der Waals surface area contributed by atoms with Crippen molar-refractivity contribution in [2.45, 2.75) is 80.6 Å². The number of nitrogens with one attached hydrogen (secondary N) is 1. The zero-order valence-corrected chi connectivity index (χ0v) is 21.6. The number of ketones is 1. The summed E-state index contributed by atoms with van der Waals surface area (Å²) in [6.45, 7) is 15.9. The predicted octanol–water partition coefficient (Wildman–Crippen LogP) is 7.68. The largest absolute Gasteiger partial charge is 0.294 e. The lowest BCUT2D eigenvalue weighted by Crippen LogP contribution is -2.17. The van der Waals surface area contributed by atoms with E-state index in [4.69, 9.17) is 0 Å². The van der Waals surface area contributed by atoms with Crippen LogP contribution >= 0.6 is 0 Å². The molecule has 0 heterocycles. The van der Waals surface area contributed by atoms with Gasteiger partial charge in [0, 0.05) is 5.56 Å². The van der Waals surface area contributed by atoms with Crippen LogP contribution in [-0.4, -0.2) is 20.0 Å². The lowest BCUT2D eigenvalue weighted by atomic mass is 9.99. The van der Waals surface area contributed by atoms with E-state index in [-0.39, 0.29) is 11.5 Å². The van der Waals surface area contributed by atoms with Gasteiger partial charge in [0.2, 0.25) is 10.0 Å². The maximum atomic E-state index is 11.6. The van der Waals surface area contributed by atoms with Crippen molar-refractivity contribution in [2.24, 2.45) is 0 Å². The average Bonchev–Trinajstić information content (AvgIpc) is 2.76. The van der Waals surface area contributed by atoms with Crippen molar-refractivity contribution in [1.82, 2.24) is 0 Å². The number of hydrogen-bond donors (Lipinski definition) is 1. The Hall–Kier alpha value is -2.14. The van der Waals surface area contributed by atoms with Crippen LogP contribution in [0.4, 0.5) is 5.69 Å². The van der Waals surface area contributed by atoms with E-state index < -0.39 is 10.0 Å². The van der Waals surface area contributed by atoms with Crippen LogP contribution < -0.4 is 4.72 Å². The quantitative estimate of drug-likeness (QED) is 0.441. The molecule has 31 heavy (non-hydrogen) atoms. The van der Waals surface area contributed by atoms with E-state index in [1.54, 1.807) is 31.2 Å². The van der Waals surface area contributed by atoms with Crippen LogP contribution in [0.1, 0.15) is 96.5 Å². The summed E-state index contributed by atoms with van der Waals surface area (Å²) < 4.78 is 25.5. The fraction of sp³-hybridized carbons (Fsp3) is 0.500. The summed E-state index contributed by atoms with van der Waals surface area (Å²) in [5.41, 5.74) is 2.19. The number of anilines is 1.